The Morgan fingerprint density at radius 2 is 1.91 bits per heavy atom. The number of ether oxygens (including phenoxy) is 1. The zero-order chi connectivity index (χ0) is 25.2. The number of nitrogens with one attached hydrogen (secondary N) is 2. The summed E-state index contributed by atoms with van der Waals surface area (Å²) in [6.07, 6.45) is 5.72. The second kappa shape index (κ2) is 10.2. The summed E-state index contributed by atoms with van der Waals surface area (Å²) in [5.74, 6) is 0.433. The van der Waals surface area contributed by atoms with Crippen molar-refractivity contribution in [3.63, 3.8) is 0 Å². The molecule has 7 nitrogen and oxygen atoms in total. The largest absolute Gasteiger partial charge is 0.444 e. The van der Waals surface area contributed by atoms with Crippen LogP contribution in [0.15, 0.2) is 59.3 Å². The minimum absolute atomic E-state index is 0.170. The predicted molar refractivity (Wildman–Crippen MR) is 140 cm³/mol. The number of nitrogens with zero attached hydrogens (tertiary/aromatic N) is 2. The molecule has 0 saturated carbocycles. The standard InChI is InChI=1S/C27H31BrN4O3/c1-17-29-14-15-32(17)21-12-10-20(11-13-21)30-25(33)24(31-26(34)35-27(2,3)4)22-7-5-6-18-8-9-19(28)16-23(18)22/h8-16,22,24H,5-7H2,1-4H3,(H,30,33)(H,31,34)/t22?,24-/m0/s1. The number of anilines is 1. The maximum Gasteiger partial charge on any atom is 0.408 e. The lowest BCUT2D eigenvalue weighted by molar-refractivity contribution is -0.118. The van der Waals surface area contributed by atoms with Crippen LogP contribution in [0.5, 0.6) is 0 Å². The number of imidazole rings is 1. The molecule has 3 aromatic rings. The molecular weight excluding hydrogens is 508 g/mol. The third kappa shape index (κ3) is 6.11. The highest BCUT2D eigenvalue weighted by Crippen LogP contribution is 2.36. The van der Waals surface area contributed by atoms with Crippen LogP contribution >= 0.6 is 15.9 Å². The lowest BCUT2D eigenvalue weighted by Gasteiger charge is -2.33. The van der Waals surface area contributed by atoms with Gasteiger partial charge in [0.1, 0.15) is 17.5 Å². The van der Waals surface area contributed by atoms with Gasteiger partial charge in [-0.15, -0.1) is 0 Å². The van der Waals surface area contributed by atoms with Gasteiger partial charge in [-0.3, -0.25) is 4.79 Å². The van der Waals surface area contributed by atoms with Crippen LogP contribution in [-0.2, 0) is 16.0 Å². The molecule has 1 heterocycles. The Balaban J connectivity index is 1.59. The molecule has 1 unspecified atom stereocenters. The summed E-state index contributed by atoms with van der Waals surface area (Å²) in [6, 6.07) is 12.9. The Morgan fingerprint density at radius 3 is 2.57 bits per heavy atom. The summed E-state index contributed by atoms with van der Waals surface area (Å²) >= 11 is 3.56. The number of amides is 2. The minimum atomic E-state index is -0.784. The van der Waals surface area contributed by atoms with Crippen molar-refractivity contribution in [3.8, 4) is 5.69 Å². The molecule has 35 heavy (non-hydrogen) atoms. The van der Waals surface area contributed by atoms with E-state index in [9.17, 15) is 9.59 Å². The van der Waals surface area contributed by atoms with E-state index >= 15 is 0 Å². The highest BCUT2D eigenvalue weighted by molar-refractivity contribution is 9.10. The van der Waals surface area contributed by atoms with Crippen LogP contribution in [0.2, 0.25) is 0 Å². The van der Waals surface area contributed by atoms with E-state index < -0.39 is 17.7 Å². The van der Waals surface area contributed by atoms with E-state index in [0.717, 1.165) is 40.8 Å². The number of aryl methyl sites for hydroxylation is 2. The van der Waals surface area contributed by atoms with E-state index in [0.29, 0.717) is 5.69 Å². The molecule has 0 spiro atoms. The number of halogens is 1. The molecule has 0 aliphatic heterocycles. The van der Waals surface area contributed by atoms with Gasteiger partial charge in [0, 0.05) is 34.2 Å². The molecule has 1 aliphatic rings. The molecule has 8 heteroatoms. The van der Waals surface area contributed by atoms with Crippen LogP contribution < -0.4 is 10.6 Å². The molecule has 184 valence electrons. The Labute approximate surface area is 214 Å². The lowest BCUT2D eigenvalue weighted by atomic mass is 9.78. The van der Waals surface area contributed by atoms with Crippen LogP contribution in [0.25, 0.3) is 5.69 Å². The molecule has 4 rings (SSSR count). The van der Waals surface area contributed by atoms with Gasteiger partial charge in [-0.05, 0) is 94.5 Å². The molecular formula is C27H31BrN4O3. The molecule has 1 aliphatic carbocycles. The topological polar surface area (TPSA) is 85.3 Å². The summed E-state index contributed by atoms with van der Waals surface area (Å²) in [5.41, 5.74) is 3.21. The van der Waals surface area contributed by atoms with E-state index in [1.54, 1.807) is 27.0 Å². The fourth-order valence-electron chi connectivity index (χ4n) is 4.51. The number of hydrogen-bond donors (Lipinski definition) is 2. The summed E-state index contributed by atoms with van der Waals surface area (Å²) in [7, 11) is 0. The van der Waals surface area contributed by atoms with E-state index in [2.05, 4.69) is 43.7 Å². The molecule has 2 amide bonds. The second-order valence-electron chi connectivity index (χ2n) is 9.85. The van der Waals surface area contributed by atoms with Crippen molar-refractivity contribution in [2.75, 3.05) is 5.32 Å². The molecule has 0 bridgehead atoms. The van der Waals surface area contributed by atoms with Crippen LogP contribution in [0.1, 0.15) is 56.5 Å². The van der Waals surface area contributed by atoms with Crippen molar-refractivity contribution in [2.24, 2.45) is 0 Å². The SMILES string of the molecule is Cc1nccn1-c1ccc(NC(=O)[C@@H](NC(=O)OC(C)(C)C)C2CCCc3ccc(Br)cc32)cc1. The van der Waals surface area contributed by atoms with Crippen molar-refractivity contribution in [2.45, 2.75) is 64.5 Å². The Kier molecular flexibility index (Phi) is 7.31. The van der Waals surface area contributed by atoms with Gasteiger partial charge < -0.3 is 19.9 Å². The Morgan fingerprint density at radius 1 is 1.17 bits per heavy atom. The van der Waals surface area contributed by atoms with E-state index in [4.69, 9.17) is 4.74 Å². The van der Waals surface area contributed by atoms with Crippen LogP contribution in [0.3, 0.4) is 0 Å². The summed E-state index contributed by atoms with van der Waals surface area (Å²) in [4.78, 5) is 30.5. The number of aromatic nitrogens is 2. The minimum Gasteiger partial charge on any atom is -0.444 e. The molecule has 0 fully saturated rings. The van der Waals surface area contributed by atoms with Crippen molar-refractivity contribution >= 4 is 33.6 Å². The van der Waals surface area contributed by atoms with Gasteiger partial charge in [-0.2, -0.15) is 0 Å². The predicted octanol–water partition coefficient (Wildman–Crippen LogP) is 5.90. The van der Waals surface area contributed by atoms with Crippen LogP contribution in [0, 0.1) is 6.92 Å². The lowest BCUT2D eigenvalue weighted by Crippen LogP contribution is -2.49. The third-order valence-corrected chi connectivity index (χ3v) is 6.56. The van der Waals surface area contributed by atoms with Crippen LogP contribution in [-0.4, -0.2) is 33.2 Å². The van der Waals surface area contributed by atoms with Crippen molar-refractivity contribution in [3.05, 3.63) is 76.3 Å². The van der Waals surface area contributed by atoms with Gasteiger partial charge in [0.2, 0.25) is 5.91 Å². The number of hydrogen-bond acceptors (Lipinski definition) is 4. The average Bonchev–Trinajstić information content (AvgIpc) is 3.22. The van der Waals surface area contributed by atoms with Gasteiger partial charge in [0.25, 0.3) is 0 Å². The summed E-state index contributed by atoms with van der Waals surface area (Å²) in [5, 5.41) is 5.86. The Bertz CT molecular complexity index is 1210. The van der Waals surface area contributed by atoms with Gasteiger partial charge in [-0.25, -0.2) is 9.78 Å². The third-order valence-electron chi connectivity index (χ3n) is 6.06. The average molecular weight is 539 g/mol. The Hall–Kier alpha value is -3.13. The summed E-state index contributed by atoms with van der Waals surface area (Å²) in [6.45, 7) is 7.34. The van der Waals surface area contributed by atoms with Crippen LogP contribution in [0.4, 0.5) is 10.5 Å². The highest BCUT2D eigenvalue weighted by atomic mass is 79.9. The maximum atomic E-state index is 13.6. The number of carbonyl (C=O) groups is 2. The van der Waals surface area contributed by atoms with Gasteiger partial charge in [-0.1, -0.05) is 22.0 Å². The van der Waals surface area contributed by atoms with E-state index in [1.807, 2.05) is 48.0 Å². The zero-order valence-corrected chi connectivity index (χ0v) is 22.1. The number of alkyl carbamates (subject to hydrolysis) is 1. The molecule has 2 N–H and O–H groups in total. The van der Waals surface area contributed by atoms with Gasteiger partial charge >= 0.3 is 6.09 Å². The monoisotopic (exact) mass is 538 g/mol. The highest BCUT2D eigenvalue weighted by Gasteiger charge is 2.35. The molecule has 2 aromatic carbocycles. The van der Waals surface area contributed by atoms with Gasteiger partial charge in [0.05, 0.1) is 0 Å². The first-order chi connectivity index (χ1) is 16.6. The van der Waals surface area contributed by atoms with Crippen molar-refractivity contribution in [1.82, 2.24) is 14.9 Å². The fourth-order valence-corrected chi connectivity index (χ4v) is 4.89. The van der Waals surface area contributed by atoms with E-state index in [-0.39, 0.29) is 11.8 Å². The maximum absolute atomic E-state index is 13.6. The number of carbonyl (C=O) groups excluding carboxylic acids is 2. The number of benzene rings is 2. The van der Waals surface area contributed by atoms with Gasteiger partial charge in [0.15, 0.2) is 0 Å². The molecule has 0 radical (unpaired) electrons. The quantitative estimate of drug-likeness (QED) is 0.423. The fraction of sp³-hybridized carbons (Fsp3) is 0.370. The van der Waals surface area contributed by atoms with Crippen molar-refractivity contribution < 1.29 is 14.3 Å². The number of rotatable bonds is 5. The van der Waals surface area contributed by atoms with Crippen molar-refractivity contribution in [1.29, 1.82) is 0 Å². The molecule has 0 saturated heterocycles. The number of fused-ring (bicyclic) bond motifs is 1. The second-order valence-corrected chi connectivity index (χ2v) is 10.8. The molecule has 2 atom stereocenters. The smallest absolute Gasteiger partial charge is 0.408 e. The zero-order valence-electron chi connectivity index (χ0n) is 20.5. The normalized spacial score (nSPS) is 16.2. The summed E-state index contributed by atoms with van der Waals surface area (Å²) < 4.78 is 8.41. The van der Waals surface area contributed by atoms with E-state index in [1.165, 1.54) is 5.56 Å². The first-order valence-electron chi connectivity index (χ1n) is 11.8. The first-order valence-corrected chi connectivity index (χ1v) is 12.6. The first kappa shape index (κ1) is 25.0. The molecule has 1 aromatic heterocycles.